The first-order valence-electron chi connectivity index (χ1n) is 9.45. The summed E-state index contributed by atoms with van der Waals surface area (Å²) in [5.41, 5.74) is 3.36. The molecule has 0 aliphatic rings. The summed E-state index contributed by atoms with van der Waals surface area (Å²) in [5, 5.41) is 9.51. The Balaban J connectivity index is 1.71. The van der Waals surface area contributed by atoms with Gasteiger partial charge < -0.3 is 9.47 Å². The Morgan fingerprint density at radius 1 is 1.11 bits per heavy atom. The molecule has 1 atom stereocenters. The Labute approximate surface area is 170 Å². The smallest absolute Gasteiger partial charge is 0.233 e. The lowest BCUT2D eigenvalue weighted by Crippen LogP contribution is -2.31. The van der Waals surface area contributed by atoms with Crippen LogP contribution in [0.3, 0.4) is 0 Å². The van der Waals surface area contributed by atoms with Crippen LogP contribution in [0.25, 0.3) is 11.4 Å². The molecule has 0 spiro atoms. The van der Waals surface area contributed by atoms with Gasteiger partial charge in [-0.05, 0) is 31.9 Å². The van der Waals surface area contributed by atoms with Crippen LogP contribution in [0.5, 0.6) is 0 Å². The number of hydrogen-bond donors (Lipinski definition) is 0. The van der Waals surface area contributed by atoms with Crippen molar-refractivity contribution in [2.24, 2.45) is 0 Å². The number of aromatic nitrogens is 3. The van der Waals surface area contributed by atoms with Crippen LogP contribution in [-0.4, -0.2) is 38.4 Å². The maximum atomic E-state index is 12.7. The van der Waals surface area contributed by atoms with E-state index in [1.807, 2.05) is 56.4 Å². The molecule has 0 unspecified atom stereocenters. The molecule has 1 aromatic heterocycles. The summed E-state index contributed by atoms with van der Waals surface area (Å²) in [6, 6.07) is 18.2. The average molecular weight is 395 g/mol. The van der Waals surface area contributed by atoms with E-state index in [1.165, 1.54) is 11.8 Å². The Morgan fingerprint density at radius 3 is 2.46 bits per heavy atom. The topological polar surface area (TPSA) is 51.0 Å². The molecule has 0 saturated heterocycles. The van der Waals surface area contributed by atoms with Gasteiger partial charge in [0, 0.05) is 19.2 Å². The first-order chi connectivity index (χ1) is 13.5. The summed E-state index contributed by atoms with van der Waals surface area (Å²) in [5.74, 6) is 1.26. The number of rotatable bonds is 7. The molecule has 3 rings (SSSR count). The van der Waals surface area contributed by atoms with Gasteiger partial charge in [-0.25, -0.2) is 0 Å². The lowest BCUT2D eigenvalue weighted by atomic mass is 10.1. The highest BCUT2D eigenvalue weighted by Gasteiger charge is 2.20. The molecule has 0 N–H and O–H groups in total. The van der Waals surface area contributed by atoms with Gasteiger partial charge in [-0.1, -0.05) is 66.4 Å². The maximum Gasteiger partial charge on any atom is 0.233 e. The lowest BCUT2D eigenvalue weighted by Gasteiger charge is -2.25. The van der Waals surface area contributed by atoms with Crippen LogP contribution in [0.15, 0.2) is 59.8 Å². The fraction of sp³-hybridized carbons (Fsp3) is 0.318. The minimum atomic E-state index is 0.0286. The zero-order valence-electron chi connectivity index (χ0n) is 16.8. The van der Waals surface area contributed by atoms with Crippen molar-refractivity contribution in [2.75, 3.05) is 12.8 Å². The van der Waals surface area contributed by atoms with Crippen LogP contribution in [0.4, 0.5) is 0 Å². The predicted molar refractivity (Wildman–Crippen MR) is 114 cm³/mol. The third-order valence-electron chi connectivity index (χ3n) is 5.00. The highest BCUT2D eigenvalue weighted by atomic mass is 32.2. The second-order valence-corrected chi connectivity index (χ2v) is 7.69. The highest BCUT2D eigenvalue weighted by Crippen LogP contribution is 2.27. The first-order valence-corrected chi connectivity index (χ1v) is 10.4. The molecule has 1 amide bonds. The molecule has 146 valence electrons. The van der Waals surface area contributed by atoms with Crippen molar-refractivity contribution < 1.29 is 4.79 Å². The van der Waals surface area contributed by atoms with Crippen molar-refractivity contribution >= 4 is 17.7 Å². The third kappa shape index (κ3) is 4.28. The molecule has 0 fully saturated rings. The van der Waals surface area contributed by atoms with Crippen LogP contribution in [0.1, 0.15) is 31.0 Å². The summed E-state index contributed by atoms with van der Waals surface area (Å²) in [4.78, 5) is 14.5. The quantitative estimate of drug-likeness (QED) is 0.550. The van der Waals surface area contributed by atoms with Crippen LogP contribution < -0.4 is 0 Å². The molecular formula is C22H26N4OS. The van der Waals surface area contributed by atoms with E-state index < -0.39 is 0 Å². The van der Waals surface area contributed by atoms with Gasteiger partial charge in [0.1, 0.15) is 0 Å². The predicted octanol–water partition coefficient (Wildman–Crippen LogP) is 4.59. The summed E-state index contributed by atoms with van der Waals surface area (Å²) < 4.78 is 2.07. The molecule has 0 radical (unpaired) electrons. The van der Waals surface area contributed by atoms with E-state index in [0.29, 0.717) is 5.75 Å². The maximum absolute atomic E-state index is 12.7. The number of hydrogen-bond acceptors (Lipinski definition) is 4. The second-order valence-electron chi connectivity index (χ2n) is 6.75. The van der Waals surface area contributed by atoms with Crippen molar-refractivity contribution in [1.82, 2.24) is 19.7 Å². The largest absolute Gasteiger partial charge is 0.338 e. The van der Waals surface area contributed by atoms with Crippen molar-refractivity contribution in [3.63, 3.8) is 0 Å². The number of carbonyl (C=O) groups is 1. The van der Waals surface area contributed by atoms with Crippen molar-refractivity contribution in [3.05, 3.63) is 65.7 Å². The van der Waals surface area contributed by atoms with Crippen LogP contribution in [-0.2, 0) is 11.3 Å². The van der Waals surface area contributed by atoms with Gasteiger partial charge in [-0.2, -0.15) is 0 Å². The molecule has 1 heterocycles. The molecule has 5 nitrogen and oxygen atoms in total. The normalized spacial score (nSPS) is 12.0. The molecule has 2 aromatic carbocycles. The van der Waals surface area contributed by atoms with E-state index in [0.717, 1.165) is 34.2 Å². The molecule has 0 aliphatic carbocycles. The standard InChI is InChI=1S/C22H26N4OS/c1-5-26-21(19-14-10-9-11-16(19)2)23-24-22(26)28-15-20(27)25(4)17(3)18-12-7-6-8-13-18/h6-14,17H,5,15H2,1-4H3/t17-/m0/s1. The minimum Gasteiger partial charge on any atom is -0.338 e. The van der Waals surface area contributed by atoms with E-state index >= 15 is 0 Å². The van der Waals surface area contributed by atoms with Crippen LogP contribution in [0.2, 0.25) is 0 Å². The van der Waals surface area contributed by atoms with Gasteiger partial charge in [0.15, 0.2) is 11.0 Å². The van der Waals surface area contributed by atoms with Gasteiger partial charge in [-0.15, -0.1) is 10.2 Å². The summed E-state index contributed by atoms with van der Waals surface area (Å²) >= 11 is 1.44. The van der Waals surface area contributed by atoms with Crippen LogP contribution in [0, 0.1) is 6.92 Å². The molecule has 0 aliphatic heterocycles. The lowest BCUT2D eigenvalue weighted by molar-refractivity contribution is -0.128. The number of carbonyl (C=O) groups excluding carboxylic acids is 1. The summed E-state index contributed by atoms with van der Waals surface area (Å²) in [6.07, 6.45) is 0. The van der Waals surface area contributed by atoms with Crippen LogP contribution >= 0.6 is 11.8 Å². The summed E-state index contributed by atoms with van der Waals surface area (Å²) in [7, 11) is 1.85. The van der Waals surface area contributed by atoms with Gasteiger partial charge in [0.25, 0.3) is 0 Å². The van der Waals surface area contributed by atoms with Crippen molar-refractivity contribution in [3.8, 4) is 11.4 Å². The van der Waals surface area contributed by atoms with E-state index in [-0.39, 0.29) is 11.9 Å². The number of nitrogens with zero attached hydrogens (tertiary/aromatic N) is 4. The fourth-order valence-electron chi connectivity index (χ4n) is 3.10. The average Bonchev–Trinajstić information content (AvgIpc) is 3.14. The second kappa shape index (κ2) is 9.06. The Morgan fingerprint density at radius 2 is 1.79 bits per heavy atom. The van der Waals surface area contributed by atoms with E-state index in [1.54, 1.807) is 4.90 Å². The Bertz CT molecular complexity index is 939. The highest BCUT2D eigenvalue weighted by molar-refractivity contribution is 7.99. The molecule has 0 saturated carbocycles. The molecular weight excluding hydrogens is 368 g/mol. The van der Waals surface area contributed by atoms with Crippen molar-refractivity contribution in [1.29, 1.82) is 0 Å². The third-order valence-corrected chi connectivity index (χ3v) is 5.95. The molecule has 28 heavy (non-hydrogen) atoms. The molecule has 0 bridgehead atoms. The van der Waals surface area contributed by atoms with Crippen molar-refractivity contribution in [2.45, 2.75) is 38.5 Å². The SMILES string of the molecule is CCn1c(SCC(=O)N(C)[C@@H](C)c2ccccc2)nnc1-c1ccccc1C. The van der Waals surface area contributed by atoms with Gasteiger partial charge in [0.2, 0.25) is 5.91 Å². The molecule has 3 aromatic rings. The number of thioether (sulfide) groups is 1. The Kier molecular flexibility index (Phi) is 6.52. The zero-order chi connectivity index (χ0) is 20.1. The first kappa shape index (κ1) is 20.1. The number of amides is 1. The zero-order valence-corrected chi connectivity index (χ0v) is 17.6. The minimum absolute atomic E-state index is 0.0286. The van der Waals surface area contributed by atoms with Gasteiger partial charge in [0.05, 0.1) is 11.8 Å². The monoisotopic (exact) mass is 394 g/mol. The fourth-order valence-corrected chi connectivity index (χ4v) is 4.03. The van der Waals surface area contributed by atoms with Gasteiger partial charge in [-0.3, -0.25) is 4.79 Å². The Hall–Kier alpha value is -2.60. The number of aryl methyl sites for hydroxylation is 1. The number of benzene rings is 2. The van der Waals surface area contributed by atoms with E-state index in [2.05, 4.69) is 40.7 Å². The van der Waals surface area contributed by atoms with E-state index in [9.17, 15) is 4.79 Å². The summed E-state index contributed by atoms with van der Waals surface area (Å²) in [6.45, 7) is 6.94. The van der Waals surface area contributed by atoms with E-state index in [4.69, 9.17) is 0 Å². The van der Waals surface area contributed by atoms with Gasteiger partial charge >= 0.3 is 0 Å². The molecule has 6 heteroatoms.